The topological polar surface area (TPSA) is 94.7 Å². The molecule has 1 fully saturated rings. The highest BCUT2D eigenvalue weighted by Crippen LogP contribution is 2.30. The van der Waals surface area contributed by atoms with E-state index in [1.807, 2.05) is 69.1 Å². The summed E-state index contributed by atoms with van der Waals surface area (Å²) in [6.07, 6.45) is 3.16. The van der Waals surface area contributed by atoms with Crippen molar-refractivity contribution in [2.24, 2.45) is 0 Å². The Morgan fingerprint density at radius 1 is 1.14 bits per heavy atom. The quantitative estimate of drug-likeness (QED) is 0.439. The molecule has 0 spiro atoms. The zero-order valence-electron chi connectivity index (χ0n) is 21.9. The van der Waals surface area contributed by atoms with Crippen LogP contribution in [0.4, 0.5) is 4.79 Å². The molecule has 0 unspecified atom stereocenters. The van der Waals surface area contributed by atoms with Crippen molar-refractivity contribution in [1.29, 1.82) is 0 Å². The first kappa shape index (κ1) is 26.0. The number of hydrogen-bond acceptors (Lipinski definition) is 4. The van der Waals surface area contributed by atoms with Crippen molar-refractivity contribution in [3.05, 3.63) is 65.4 Å². The van der Waals surface area contributed by atoms with Crippen LogP contribution in [0.15, 0.2) is 48.7 Å². The number of carbonyl (C=O) groups excluding carboxylic acids is 2. The molecule has 1 saturated heterocycles. The van der Waals surface area contributed by atoms with Crippen molar-refractivity contribution in [3.8, 4) is 0 Å². The summed E-state index contributed by atoms with van der Waals surface area (Å²) in [4.78, 5) is 40.9. The predicted molar refractivity (Wildman–Crippen MR) is 145 cm³/mol. The van der Waals surface area contributed by atoms with E-state index in [2.05, 4.69) is 22.4 Å². The molecule has 0 saturated carbocycles. The van der Waals surface area contributed by atoms with E-state index in [4.69, 9.17) is 4.74 Å². The van der Waals surface area contributed by atoms with Gasteiger partial charge in [0.2, 0.25) is 8.32 Å². The minimum atomic E-state index is -2.41. The van der Waals surface area contributed by atoms with Crippen LogP contribution in [0.3, 0.4) is 0 Å². The third kappa shape index (κ3) is 6.17. The van der Waals surface area contributed by atoms with Gasteiger partial charge in [-0.3, -0.25) is 4.79 Å². The normalized spacial score (nSPS) is 15.2. The van der Waals surface area contributed by atoms with Crippen molar-refractivity contribution >= 4 is 36.4 Å². The number of carbonyl (C=O) groups is 2. The van der Waals surface area contributed by atoms with Crippen LogP contribution in [0.5, 0.6) is 0 Å². The Kier molecular flexibility index (Phi) is 7.29. The lowest BCUT2D eigenvalue weighted by Gasteiger charge is -2.32. The molecule has 3 N–H and O–H groups in total. The number of nitrogens with one attached hydrogen (secondary N) is 2. The Morgan fingerprint density at radius 2 is 1.86 bits per heavy atom. The summed E-state index contributed by atoms with van der Waals surface area (Å²) >= 11 is 0. The zero-order valence-corrected chi connectivity index (χ0v) is 22.9. The monoisotopic (exact) mass is 507 g/mol. The lowest BCUT2D eigenvalue weighted by molar-refractivity contribution is 0.0523. The second kappa shape index (κ2) is 10.1. The number of alkyl carbamates (subject to hydrolysis) is 1. The number of H-pyrrole nitrogens is 1. The van der Waals surface area contributed by atoms with E-state index in [0.29, 0.717) is 31.1 Å². The molecule has 1 aromatic heterocycles. The van der Waals surface area contributed by atoms with Gasteiger partial charge in [-0.05, 0) is 75.0 Å². The van der Waals surface area contributed by atoms with E-state index in [1.165, 1.54) is 5.56 Å². The van der Waals surface area contributed by atoms with Crippen LogP contribution in [-0.4, -0.2) is 53.7 Å². The number of ether oxygens (including phenoxy) is 1. The number of hydrogen-bond donors (Lipinski definition) is 3. The zero-order chi connectivity index (χ0) is 26.1. The van der Waals surface area contributed by atoms with E-state index in [-0.39, 0.29) is 5.91 Å². The summed E-state index contributed by atoms with van der Waals surface area (Å²) < 4.78 is 5.32. The fraction of sp³-hybridized carbons (Fsp3) is 0.429. The van der Waals surface area contributed by atoms with Crippen LogP contribution in [-0.2, 0) is 11.3 Å². The van der Waals surface area contributed by atoms with E-state index in [0.717, 1.165) is 34.5 Å². The predicted octanol–water partition coefficient (Wildman–Crippen LogP) is 4.62. The molecule has 0 atom stereocenters. The molecule has 0 bridgehead atoms. The Labute approximate surface area is 214 Å². The van der Waals surface area contributed by atoms with Gasteiger partial charge in [0.05, 0.1) is 5.56 Å². The second-order valence-electron chi connectivity index (χ2n) is 11.2. The van der Waals surface area contributed by atoms with E-state index < -0.39 is 20.0 Å². The number of aromatic nitrogens is 1. The third-order valence-electron chi connectivity index (χ3n) is 6.66. The standard InChI is InChI=1S/C28H37N3O4Si/c1-28(2,3)35-27(33)30-17-19-7-6-8-21(15-19)20-11-13-31(14-12-20)26(32)24-18-29-25-16-22(36(4,5)34)9-10-23(24)25/h6-10,15-16,18,20,29,34H,11-14,17H2,1-5H3,(H,30,33). The smallest absolute Gasteiger partial charge is 0.407 e. The van der Waals surface area contributed by atoms with Crippen molar-refractivity contribution < 1.29 is 19.1 Å². The van der Waals surface area contributed by atoms with E-state index in [1.54, 1.807) is 6.20 Å². The minimum Gasteiger partial charge on any atom is -0.444 e. The first-order valence-electron chi connectivity index (χ1n) is 12.6. The van der Waals surface area contributed by atoms with Gasteiger partial charge < -0.3 is 24.7 Å². The summed E-state index contributed by atoms with van der Waals surface area (Å²) in [5.41, 5.74) is 3.31. The van der Waals surface area contributed by atoms with Crippen LogP contribution >= 0.6 is 0 Å². The average molecular weight is 508 g/mol. The van der Waals surface area contributed by atoms with Gasteiger partial charge in [0.25, 0.3) is 5.91 Å². The number of benzene rings is 2. The molecular formula is C28H37N3O4Si. The number of likely N-dealkylation sites (tertiary alicyclic amines) is 1. The Hall–Kier alpha value is -3.10. The fourth-order valence-electron chi connectivity index (χ4n) is 4.72. The number of rotatable bonds is 5. The first-order chi connectivity index (χ1) is 16.9. The van der Waals surface area contributed by atoms with Crippen molar-refractivity contribution in [2.45, 2.75) is 64.8 Å². The van der Waals surface area contributed by atoms with Gasteiger partial charge >= 0.3 is 6.09 Å². The average Bonchev–Trinajstić information content (AvgIpc) is 3.24. The molecule has 2 amide bonds. The maximum absolute atomic E-state index is 13.3. The number of piperidine rings is 1. The first-order valence-corrected chi connectivity index (χ1v) is 15.5. The molecule has 0 aliphatic carbocycles. The molecule has 4 rings (SSSR count). The van der Waals surface area contributed by atoms with E-state index >= 15 is 0 Å². The molecule has 36 heavy (non-hydrogen) atoms. The van der Waals surface area contributed by atoms with Gasteiger partial charge in [-0.1, -0.05) is 36.4 Å². The summed E-state index contributed by atoms with van der Waals surface area (Å²) in [6.45, 7) is 11.1. The molecule has 192 valence electrons. The molecule has 8 heteroatoms. The van der Waals surface area contributed by atoms with Crippen LogP contribution < -0.4 is 10.5 Å². The summed E-state index contributed by atoms with van der Waals surface area (Å²) in [5, 5.41) is 4.66. The van der Waals surface area contributed by atoms with Crippen LogP contribution in [0.2, 0.25) is 13.1 Å². The Bertz CT molecular complexity index is 1250. The van der Waals surface area contributed by atoms with Crippen molar-refractivity contribution in [1.82, 2.24) is 15.2 Å². The Balaban J connectivity index is 1.37. The van der Waals surface area contributed by atoms with Crippen LogP contribution in [0.1, 0.15) is 61.0 Å². The highest BCUT2D eigenvalue weighted by molar-refractivity contribution is 6.83. The molecule has 7 nitrogen and oxygen atoms in total. The minimum absolute atomic E-state index is 0.0447. The number of aromatic amines is 1. The maximum Gasteiger partial charge on any atom is 0.407 e. The van der Waals surface area contributed by atoms with Gasteiger partial charge in [0, 0.05) is 36.7 Å². The lowest BCUT2D eigenvalue weighted by Crippen LogP contribution is -2.41. The second-order valence-corrected chi connectivity index (χ2v) is 14.9. The molecule has 1 aliphatic heterocycles. The highest BCUT2D eigenvalue weighted by Gasteiger charge is 2.27. The molecule has 1 aliphatic rings. The van der Waals surface area contributed by atoms with Crippen molar-refractivity contribution in [2.75, 3.05) is 13.1 Å². The molecule has 0 radical (unpaired) electrons. The summed E-state index contributed by atoms with van der Waals surface area (Å²) in [6, 6.07) is 14.2. The number of amides is 2. The van der Waals surface area contributed by atoms with Gasteiger partial charge in [-0.2, -0.15) is 0 Å². The summed E-state index contributed by atoms with van der Waals surface area (Å²) in [7, 11) is -2.41. The van der Waals surface area contributed by atoms with Gasteiger partial charge in [-0.15, -0.1) is 0 Å². The highest BCUT2D eigenvalue weighted by atomic mass is 28.4. The molecule has 2 aromatic carbocycles. The molecular weight excluding hydrogens is 470 g/mol. The fourth-order valence-corrected chi connectivity index (χ4v) is 5.70. The molecule has 2 heterocycles. The SMILES string of the molecule is CC(C)(C)OC(=O)NCc1cccc(C2CCN(C(=O)c3c[nH]c4cc([Si](C)(C)O)ccc34)CC2)c1. The Morgan fingerprint density at radius 3 is 2.53 bits per heavy atom. The lowest BCUT2D eigenvalue weighted by atomic mass is 9.88. The van der Waals surface area contributed by atoms with Gasteiger partial charge in [-0.25, -0.2) is 4.79 Å². The van der Waals surface area contributed by atoms with E-state index in [9.17, 15) is 14.4 Å². The van der Waals surface area contributed by atoms with Gasteiger partial charge in [0.15, 0.2) is 0 Å². The van der Waals surface area contributed by atoms with Gasteiger partial charge in [0.1, 0.15) is 5.60 Å². The van der Waals surface area contributed by atoms with Crippen molar-refractivity contribution in [3.63, 3.8) is 0 Å². The number of fused-ring (bicyclic) bond motifs is 1. The maximum atomic E-state index is 13.3. The number of nitrogens with zero attached hydrogens (tertiary/aromatic N) is 1. The largest absolute Gasteiger partial charge is 0.444 e. The van der Waals surface area contributed by atoms with Crippen LogP contribution in [0.25, 0.3) is 10.9 Å². The van der Waals surface area contributed by atoms with Crippen LogP contribution in [0, 0.1) is 0 Å². The summed E-state index contributed by atoms with van der Waals surface area (Å²) in [5.74, 6) is 0.418. The third-order valence-corrected chi connectivity index (χ3v) is 8.38. The molecule has 3 aromatic rings.